The molecule has 45 heavy (non-hydrogen) atoms. The van der Waals surface area contributed by atoms with E-state index in [1.54, 1.807) is 0 Å². The Morgan fingerprint density at radius 2 is 1.49 bits per heavy atom. The van der Waals surface area contributed by atoms with Crippen LogP contribution in [0.5, 0.6) is 0 Å². The molecule has 6 rings (SSSR count). The van der Waals surface area contributed by atoms with E-state index in [1.165, 1.54) is 11.1 Å². The molecule has 1 amide bonds. The van der Waals surface area contributed by atoms with Crippen molar-refractivity contribution in [2.45, 2.75) is 45.7 Å². The highest BCUT2D eigenvalue weighted by atomic mass is 16.2. The van der Waals surface area contributed by atoms with Crippen molar-refractivity contribution in [2.75, 3.05) is 31.5 Å². The number of piperazine rings is 1. The summed E-state index contributed by atoms with van der Waals surface area (Å²) in [6.07, 6.45) is 3.10. The van der Waals surface area contributed by atoms with E-state index in [1.807, 2.05) is 6.07 Å². The number of rotatable bonds is 11. The second-order valence-electron chi connectivity index (χ2n) is 12.1. The number of nitrogens with zero attached hydrogens (tertiary/aromatic N) is 3. The zero-order valence-electron chi connectivity index (χ0n) is 26.5. The molecule has 0 aliphatic carbocycles. The van der Waals surface area contributed by atoms with Gasteiger partial charge in [-0.15, -0.1) is 0 Å². The van der Waals surface area contributed by atoms with Crippen LogP contribution in [0.15, 0.2) is 121 Å². The number of hydrogen-bond donors (Lipinski definition) is 1. The summed E-state index contributed by atoms with van der Waals surface area (Å²) in [6, 6.07) is 42.3. The lowest BCUT2D eigenvalue weighted by Crippen LogP contribution is -2.55. The largest absolute Gasteiger partial charge is 0.385 e. The summed E-state index contributed by atoms with van der Waals surface area (Å²) in [4.78, 5) is 19.4. The Kier molecular flexibility index (Phi) is 9.77. The minimum Gasteiger partial charge on any atom is -0.385 e. The molecular formula is C40H44N4O. The zero-order chi connectivity index (χ0) is 31.0. The quantitative estimate of drug-likeness (QED) is 0.156. The van der Waals surface area contributed by atoms with Gasteiger partial charge in [0.2, 0.25) is 0 Å². The first-order valence-electron chi connectivity index (χ1n) is 16.3. The molecule has 1 aliphatic heterocycles. The van der Waals surface area contributed by atoms with Gasteiger partial charge in [-0.1, -0.05) is 110 Å². The number of unbranched alkanes of at least 4 members (excludes halogenated alkanes) is 1. The van der Waals surface area contributed by atoms with Gasteiger partial charge in [-0.25, -0.2) is 0 Å². The maximum Gasteiger partial charge on any atom is 0.256 e. The predicted octanol–water partition coefficient (Wildman–Crippen LogP) is 8.23. The smallest absolute Gasteiger partial charge is 0.256 e. The third-order valence-electron chi connectivity index (χ3n) is 8.82. The monoisotopic (exact) mass is 596 g/mol. The third-order valence-corrected chi connectivity index (χ3v) is 8.82. The molecule has 5 aromatic rings. The van der Waals surface area contributed by atoms with Crippen LogP contribution in [-0.4, -0.2) is 52.5 Å². The molecule has 0 saturated carbocycles. The first kappa shape index (κ1) is 30.4. The Labute approximate surface area is 268 Å². The molecule has 0 spiro atoms. The van der Waals surface area contributed by atoms with E-state index >= 15 is 0 Å². The second kappa shape index (κ2) is 14.4. The fourth-order valence-corrected chi connectivity index (χ4v) is 6.57. The van der Waals surface area contributed by atoms with E-state index < -0.39 is 0 Å². The fraction of sp³-hybridized carbons (Fsp3) is 0.275. The lowest BCUT2D eigenvalue weighted by atomic mass is 9.99. The summed E-state index contributed by atoms with van der Waals surface area (Å²) in [7, 11) is 0. The Balaban J connectivity index is 1.36. The molecule has 4 aromatic carbocycles. The molecule has 1 aromatic heterocycles. The van der Waals surface area contributed by atoms with Crippen molar-refractivity contribution in [1.82, 2.24) is 14.4 Å². The number of amides is 1. The number of nitrogens with one attached hydrogen (secondary N) is 1. The van der Waals surface area contributed by atoms with Crippen LogP contribution < -0.4 is 5.32 Å². The van der Waals surface area contributed by atoms with Gasteiger partial charge in [-0.2, -0.15) is 0 Å². The van der Waals surface area contributed by atoms with Crippen LogP contribution in [0.2, 0.25) is 0 Å². The topological polar surface area (TPSA) is 40.5 Å². The van der Waals surface area contributed by atoms with Crippen LogP contribution in [0.1, 0.15) is 46.9 Å². The molecule has 2 heterocycles. The minimum absolute atomic E-state index is 0.0655. The van der Waals surface area contributed by atoms with Gasteiger partial charge in [0.1, 0.15) is 0 Å². The highest BCUT2D eigenvalue weighted by molar-refractivity contribution is 6.01. The number of benzene rings is 4. The van der Waals surface area contributed by atoms with E-state index in [0.29, 0.717) is 6.54 Å². The predicted molar refractivity (Wildman–Crippen MR) is 186 cm³/mol. The fourth-order valence-electron chi connectivity index (χ4n) is 6.57. The molecule has 5 nitrogen and oxygen atoms in total. The van der Waals surface area contributed by atoms with Crippen LogP contribution in [0.25, 0.3) is 16.9 Å². The van der Waals surface area contributed by atoms with E-state index in [9.17, 15) is 4.79 Å². The summed E-state index contributed by atoms with van der Waals surface area (Å²) in [5.41, 5.74) is 8.52. The number of carbonyl (C=O) groups is 1. The number of hydrogen-bond acceptors (Lipinski definition) is 3. The molecule has 1 aliphatic rings. The lowest BCUT2D eigenvalue weighted by molar-refractivity contribution is 0.0439. The molecule has 0 radical (unpaired) electrons. The van der Waals surface area contributed by atoms with Crippen molar-refractivity contribution >= 4 is 11.6 Å². The first-order chi connectivity index (χ1) is 22.1. The van der Waals surface area contributed by atoms with Crippen molar-refractivity contribution in [2.24, 2.45) is 0 Å². The summed E-state index contributed by atoms with van der Waals surface area (Å²) in [6.45, 7) is 8.53. The number of carbonyl (C=O) groups excluding carboxylic acids is 1. The van der Waals surface area contributed by atoms with Gasteiger partial charge in [0.25, 0.3) is 5.91 Å². The number of aryl methyl sites for hydroxylation is 1. The Hall–Kier alpha value is -4.61. The summed E-state index contributed by atoms with van der Waals surface area (Å²) >= 11 is 0. The van der Waals surface area contributed by atoms with Crippen LogP contribution in [-0.2, 0) is 13.0 Å². The first-order valence-corrected chi connectivity index (χ1v) is 16.3. The minimum atomic E-state index is 0.0655. The normalized spacial score (nSPS) is 15.2. The second-order valence-corrected chi connectivity index (χ2v) is 12.1. The molecule has 230 valence electrons. The molecular weight excluding hydrogens is 552 g/mol. The average Bonchev–Trinajstić information content (AvgIpc) is 3.43. The van der Waals surface area contributed by atoms with E-state index in [4.69, 9.17) is 0 Å². The Morgan fingerprint density at radius 1 is 0.800 bits per heavy atom. The molecule has 1 saturated heterocycles. The van der Waals surface area contributed by atoms with Crippen molar-refractivity contribution in [3.8, 4) is 16.9 Å². The maximum absolute atomic E-state index is 14.8. The molecule has 5 heteroatoms. The van der Waals surface area contributed by atoms with Gasteiger partial charge in [0.05, 0.1) is 11.3 Å². The maximum atomic E-state index is 14.8. The van der Waals surface area contributed by atoms with Crippen LogP contribution >= 0.6 is 0 Å². The summed E-state index contributed by atoms with van der Waals surface area (Å²) in [5, 5.41) is 3.57. The number of anilines is 1. The molecule has 1 N–H and O–H groups in total. The van der Waals surface area contributed by atoms with Crippen LogP contribution in [0, 0.1) is 6.92 Å². The van der Waals surface area contributed by atoms with Crippen molar-refractivity contribution < 1.29 is 4.79 Å². The van der Waals surface area contributed by atoms with Crippen LogP contribution in [0.3, 0.4) is 0 Å². The highest BCUT2D eigenvalue weighted by Gasteiger charge is 2.34. The van der Waals surface area contributed by atoms with Crippen LogP contribution in [0.4, 0.5) is 5.69 Å². The number of aromatic nitrogens is 1. The van der Waals surface area contributed by atoms with Crippen molar-refractivity contribution in [3.63, 3.8) is 0 Å². The van der Waals surface area contributed by atoms with E-state index in [2.05, 4.69) is 149 Å². The van der Waals surface area contributed by atoms with Gasteiger partial charge < -0.3 is 14.8 Å². The summed E-state index contributed by atoms with van der Waals surface area (Å²) in [5.74, 6) is 0.105. The summed E-state index contributed by atoms with van der Waals surface area (Å²) < 4.78 is 2.26. The van der Waals surface area contributed by atoms with Gasteiger partial charge in [-0.3, -0.25) is 9.69 Å². The zero-order valence-corrected chi connectivity index (χ0v) is 26.5. The Bertz CT molecular complexity index is 1680. The van der Waals surface area contributed by atoms with Crippen molar-refractivity contribution in [1.29, 1.82) is 0 Å². The molecule has 1 atom stereocenters. The van der Waals surface area contributed by atoms with Gasteiger partial charge in [0, 0.05) is 55.8 Å². The van der Waals surface area contributed by atoms with Gasteiger partial charge in [0.15, 0.2) is 0 Å². The van der Waals surface area contributed by atoms with Crippen molar-refractivity contribution in [3.05, 3.63) is 144 Å². The third kappa shape index (κ3) is 7.21. The molecule has 1 fully saturated rings. The molecule has 0 bridgehead atoms. The Morgan fingerprint density at radius 3 is 2.20 bits per heavy atom. The van der Waals surface area contributed by atoms with E-state index in [0.717, 1.165) is 79.3 Å². The standard InChI is InChI=1S/C40H44N4O/c1-3-4-23-41-35-21-14-22-36(28-35)44-31(2)26-38(39(44)34-19-12-7-13-20-34)40(45)43-25-24-42(29-33-17-10-6-11-18-33)30-37(43)27-32-15-8-5-9-16-32/h5-22,26,28,37,41H,3-4,23-25,27,29-30H2,1-2H3/t37-/m1/s1. The van der Waals surface area contributed by atoms with Gasteiger partial charge >= 0.3 is 0 Å². The highest BCUT2D eigenvalue weighted by Crippen LogP contribution is 2.33. The lowest BCUT2D eigenvalue weighted by Gasteiger charge is -2.42. The van der Waals surface area contributed by atoms with E-state index in [-0.39, 0.29) is 11.9 Å². The SMILES string of the molecule is CCCCNc1cccc(-n2c(C)cc(C(=O)N3CCN(Cc4ccccc4)C[C@H]3Cc3ccccc3)c2-c2ccccc2)c1. The van der Waals surface area contributed by atoms with Gasteiger partial charge in [-0.05, 0) is 60.7 Å². The molecule has 0 unspecified atom stereocenters. The average molecular weight is 597 g/mol.